The smallest absolute Gasteiger partial charge is 0.341 e. The molecule has 1 saturated heterocycles. The summed E-state index contributed by atoms with van der Waals surface area (Å²) in [6.07, 6.45) is 2.98. The van der Waals surface area contributed by atoms with E-state index >= 15 is 4.39 Å². The predicted octanol–water partition coefficient (Wildman–Crippen LogP) is 2.50. The van der Waals surface area contributed by atoms with Crippen LogP contribution in [0.5, 0.6) is 5.75 Å². The number of methoxy groups -OCH3 is 1. The number of rotatable bonds is 7. The molecule has 2 aromatic heterocycles. The van der Waals surface area contributed by atoms with Crippen LogP contribution in [0.2, 0.25) is 0 Å². The van der Waals surface area contributed by atoms with Crippen molar-refractivity contribution in [2.45, 2.75) is 32.4 Å². The Morgan fingerprint density at radius 3 is 2.46 bits per heavy atom. The Balaban J connectivity index is 1.49. The van der Waals surface area contributed by atoms with Crippen molar-refractivity contribution in [2.75, 3.05) is 38.2 Å². The number of pyridine rings is 2. The van der Waals surface area contributed by atoms with Gasteiger partial charge in [-0.2, -0.15) is 4.68 Å². The summed E-state index contributed by atoms with van der Waals surface area (Å²) in [5.41, 5.74) is 0.176. The summed E-state index contributed by atoms with van der Waals surface area (Å²) in [4.78, 5) is 51.7. The highest BCUT2D eigenvalue weighted by molar-refractivity contribution is 5.97. The van der Waals surface area contributed by atoms with E-state index in [1.807, 2.05) is 9.80 Å². The molecule has 37 heavy (non-hydrogen) atoms. The number of carboxylic acids is 1. The van der Waals surface area contributed by atoms with Crippen molar-refractivity contribution in [3.8, 4) is 5.75 Å². The first kappa shape index (κ1) is 24.6. The zero-order valence-electron chi connectivity index (χ0n) is 20.4. The first-order chi connectivity index (χ1) is 17.7. The van der Waals surface area contributed by atoms with Crippen molar-refractivity contribution in [1.29, 1.82) is 0 Å². The number of piperazine rings is 1. The molecule has 0 unspecified atom stereocenters. The van der Waals surface area contributed by atoms with Crippen molar-refractivity contribution in [3.63, 3.8) is 0 Å². The maximum atomic E-state index is 15.5. The maximum absolute atomic E-state index is 15.5. The highest BCUT2D eigenvalue weighted by atomic mass is 19.1. The van der Waals surface area contributed by atoms with Crippen molar-refractivity contribution in [3.05, 3.63) is 72.5 Å². The van der Waals surface area contributed by atoms with Gasteiger partial charge in [-0.05, 0) is 37.5 Å². The molecule has 0 spiro atoms. The molecule has 194 valence electrons. The summed E-state index contributed by atoms with van der Waals surface area (Å²) < 4.78 is 23.8. The Labute approximate surface area is 210 Å². The van der Waals surface area contributed by atoms with Crippen molar-refractivity contribution < 1.29 is 19.0 Å². The maximum Gasteiger partial charge on any atom is 0.341 e. The van der Waals surface area contributed by atoms with E-state index in [2.05, 4.69) is 5.29 Å². The molecule has 0 bridgehead atoms. The van der Waals surface area contributed by atoms with Gasteiger partial charge in [0.15, 0.2) is 11.6 Å². The molecular weight excluding hydrogens is 485 g/mol. The number of hydrogen-bond donors (Lipinski definition) is 1. The molecular formula is C25H26FN5O6. The summed E-state index contributed by atoms with van der Waals surface area (Å²) in [5, 5.41) is 12.3. The van der Waals surface area contributed by atoms with Crippen LogP contribution in [0.15, 0.2) is 39.3 Å². The van der Waals surface area contributed by atoms with Crippen LogP contribution in [0.3, 0.4) is 0 Å². The molecule has 2 aliphatic rings. The van der Waals surface area contributed by atoms with Crippen molar-refractivity contribution >= 4 is 22.6 Å². The third-order valence-corrected chi connectivity index (χ3v) is 6.95. The lowest BCUT2D eigenvalue weighted by molar-refractivity contribution is 0.0694. The number of carboxylic acid groups (broad SMARTS) is 1. The van der Waals surface area contributed by atoms with Crippen molar-refractivity contribution in [1.82, 2.24) is 14.1 Å². The van der Waals surface area contributed by atoms with Crippen molar-refractivity contribution in [2.24, 2.45) is 5.29 Å². The predicted molar refractivity (Wildman–Crippen MR) is 134 cm³/mol. The van der Waals surface area contributed by atoms with E-state index in [0.717, 1.165) is 29.1 Å². The van der Waals surface area contributed by atoms with Crippen LogP contribution in [-0.4, -0.2) is 58.5 Å². The van der Waals surface area contributed by atoms with Crippen LogP contribution in [-0.2, 0) is 6.54 Å². The van der Waals surface area contributed by atoms with Gasteiger partial charge in [0.1, 0.15) is 11.3 Å². The van der Waals surface area contributed by atoms with Gasteiger partial charge in [-0.1, -0.05) is 0 Å². The first-order valence-corrected chi connectivity index (χ1v) is 12.0. The van der Waals surface area contributed by atoms with E-state index in [1.54, 1.807) is 17.6 Å². The number of fused-ring (bicyclic) bond motifs is 1. The fraction of sp³-hybridized carbons (Fsp3) is 0.400. The zero-order chi connectivity index (χ0) is 26.4. The number of halogens is 1. The standard InChI is InChI=1S/C25H26FN5O6/c1-14-9-16(31(27-36)20(32)10-14)12-28-5-7-29(8-6-28)22-19(26)11-17-21(24(22)37-2)30(15-3-4-15)13-18(23(17)33)25(34)35/h9-11,13,15H,3-8,12H2,1-2H3,(H,34,35). The molecule has 1 saturated carbocycles. The number of anilines is 1. The van der Waals surface area contributed by atoms with Crippen LogP contribution in [0.1, 0.15) is 40.5 Å². The quantitative estimate of drug-likeness (QED) is 0.480. The number of hydrogen-bond acceptors (Lipinski definition) is 8. The van der Waals surface area contributed by atoms with Crippen LogP contribution in [0, 0.1) is 17.6 Å². The van der Waals surface area contributed by atoms with Crippen LogP contribution < -0.4 is 20.6 Å². The second-order valence-electron chi connectivity index (χ2n) is 9.47. The molecule has 0 atom stereocenters. The number of aromatic nitrogens is 2. The second-order valence-corrected chi connectivity index (χ2v) is 9.47. The number of nitrogens with zero attached hydrogens (tertiary/aromatic N) is 5. The molecule has 3 aromatic rings. The fourth-order valence-electron chi connectivity index (χ4n) is 5.05. The number of aryl methyl sites for hydroxylation is 1. The average Bonchev–Trinajstić information content (AvgIpc) is 3.69. The summed E-state index contributed by atoms with van der Waals surface area (Å²) in [6, 6.07) is 4.21. The molecule has 11 nitrogen and oxygen atoms in total. The van der Waals surface area contributed by atoms with E-state index < -0.39 is 28.3 Å². The Kier molecular flexibility index (Phi) is 6.28. The van der Waals surface area contributed by atoms with Gasteiger partial charge in [0.25, 0.3) is 5.56 Å². The van der Waals surface area contributed by atoms with E-state index in [9.17, 15) is 24.4 Å². The average molecular weight is 512 g/mol. The lowest BCUT2D eigenvalue weighted by atomic mass is 10.1. The fourth-order valence-corrected chi connectivity index (χ4v) is 5.05. The second kappa shape index (κ2) is 9.43. The number of ether oxygens (including phenoxy) is 1. The number of nitroso groups, excluding NO2 is 1. The minimum Gasteiger partial charge on any atom is -0.492 e. The SMILES string of the molecule is COc1c(N2CCN(Cc3cc(C)cc(=O)n3N=O)CC2)c(F)cc2c(=O)c(C(=O)O)cn(C3CC3)c12. The summed E-state index contributed by atoms with van der Waals surface area (Å²) >= 11 is 0. The molecule has 12 heteroatoms. The molecule has 2 fully saturated rings. The zero-order valence-corrected chi connectivity index (χ0v) is 20.4. The topological polar surface area (TPSA) is 126 Å². The lowest BCUT2D eigenvalue weighted by Crippen LogP contribution is -2.46. The summed E-state index contributed by atoms with van der Waals surface area (Å²) in [6.45, 7) is 3.96. The molecule has 1 aromatic carbocycles. The lowest BCUT2D eigenvalue weighted by Gasteiger charge is -2.37. The van der Waals surface area contributed by atoms with Crippen LogP contribution in [0.25, 0.3) is 10.9 Å². The van der Waals surface area contributed by atoms with Crippen LogP contribution in [0.4, 0.5) is 10.1 Å². The summed E-state index contributed by atoms with van der Waals surface area (Å²) in [5.74, 6) is -1.83. The Morgan fingerprint density at radius 2 is 1.86 bits per heavy atom. The van der Waals surface area contributed by atoms with Gasteiger partial charge in [-0.3, -0.25) is 14.5 Å². The summed E-state index contributed by atoms with van der Waals surface area (Å²) in [7, 11) is 1.41. The first-order valence-electron chi connectivity index (χ1n) is 12.0. The third kappa shape index (κ3) is 4.37. The molecule has 1 N–H and O–H groups in total. The third-order valence-electron chi connectivity index (χ3n) is 6.95. The monoisotopic (exact) mass is 511 g/mol. The Hall–Kier alpha value is -4.06. The number of aromatic carboxylic acids is 1. The largest absolute Gasteiger partial charge is 0.492 e. The highest BCUT2D eigenvalue weighted by Gasteiger charge is 2.32. The van der Waals surface area contributed by atoms with Crippen LogP contribution >= 0.6 is 0 Å². The van der Waals surface area contributed by atoms with E-state index in [0.29, 0.717) is 43.9 Å². The molecule has 0 amide bonds. The molecule has 1 aliphatic carbocycles. The van der Waals surface area contributed by atoms with Gasteiger partial charge in [0.2, 0.25) is 5.43 Å². The van der Waals surface area contributed by atoms with E-state index in [-0.39, 0.29) is 22.9 Å². The molecule has 0 radical (unpaired) electrons. The van der Waals surface area contributed by atoms with E-state index in [1.165, 1.54) is 19.4 Å². The van der Waals surface area contributed by atoms with E-state index in [4.69, 9.17) is 4.74 Å². The molecule has 1 aliphatic heterocycles. The van der Waals surface area contributed by atoms with Gasteiger partial charge in [-0.15, -0.1) is 4.91 Å². The Morgan fingerprint density at radius 1 is 1.16 bits per heavy atom. The Bertz CT molecular complexity index is 1540. The van der Waals surface area contributed by atoms with Gasteiger partial charge in [0.05, 0.1) is 29.0 Å². The van der Waals surface area contributed by atoms with Gasteiger partial charge >= 0.3 is 5.97 Å². The highest BCUT2D eigenvalue weighted by Crippen LogP contribution is 2.43. The van der Waals surface area contributed by atoms with Gasteiger partial charge in [-0.25, -0.2) is 9.18 Å². The molecule has 5 rings (SSSR count). The van der Waals surface area contributed by atoms with Gasteiger partial charge < -0.3 is 19.3 Å². The number of carbonyl (C=O) groups is 1. The molecule has 3 heterocycles. The normalized spacial score (nSPS) is 16.2. The minimum atomic E-state index is -1.36. The number of benzene rings is 1. The van der Waals surface area contributed by atoms with Gasteiger partial charge in [0, 0.05) is 51.0 Å². The minimum absolute atomic E-state index is 0.0172.